The smallest absolute Gasteiger partial charge is 0.227 e. The lowest BCUT2D eigenvalue weighted by molar-refractivity contribution is 0.122. The first-order valence-corrected chi connectivity index (χ1v) is 7.79. The summed E-state index contributed by atoms with van der Waals surface area (Å²) in [5.74, 6) is 2.52. The quantitative estimate of drug-likeness (QED) is 0.757. The highest BCUT2D eigenvalue weighted by molar-refractivity contribution is 5.91. The number of fused-ring (bicyclic) bond motifs is 1. The third-order valence-corrected chi connectivity index (χ3v) is 3.96. The summed E-state index contributed by atoms with van der Waals surface area (Å²) in [6.07, 6.45) is 1.68. The van der Waals surface area contributed by atoms with E-state index in [9.17, 15) is 0 Å². The Morgan fingerprint density at radius 1 is 1.21 bits per heavy atom. The molecule has 0 saturated carbocycles. The number of rotatable bonds is 4. The molecule has 124 valence electrons. The molecule has 1 aliphatic heterocycles. The molecule has 0 atom stereocenters. The first kappa shape index (κ1) is 14.7. The highest BCUT2D eigenvalue weighted by Crippen LogP contribution is 2.29. The van der Waals surface area contributed by atoms with Gasteiger partial charge in [-0.05, 0) is 12.1 Å². The van der Waals surface area contributed by atoms with Crippen LogP contribution < -0.4 is 15.0 Å². The molecule has 4 rings (SSSR count). The standard InChI is InChI=1S/C16H18N6O2/c1-23-13-10-17-16(22-6-8-24-9-7-22)19-15(13)18-14-11-4-2-3-5-12(11)20-21-14/h2-5,10H,6-9H2,1H3,(H2,17,18,19,20,21). The van der Waals surface area contributed by atoms with Crippen molar-refractivity contribution in [3.8, 4) is 5.75 Å². The van der Waals surface area contributed by atoms with Crippen LogP contribution in [0.5, 0.6) is 5.75 Å². The van der Waals surface area contributed by atoms with Gasteiger partial charge in [0, 0.05) is 18.5 Å². The Hall–Kier alpha value is -2.87. The first-order chi connectivity index (χ1) is 11.8. The lowest BCUT2D eigenvalue weighted by Crippen LogP contribution is -2.37. The summed E-state index contributed by atoms with van der Waals surface area (Å²) < 4.78 is 10.8. The van der Waals surface area contributed by atoms with Crippen LogP contribution in [0, 0.1) is 0 Å². The van der Waals surface area contributed by atoms with Gasteiger partial charge in [0.25, 0.3) is 0 Å². The molecule has 2 N–H and O–H groups in total. The van der Waals surface area contributed by atoms with Crippen molar-refractivity contribution < 1.29 is 9.47 Å². The predicted octanol–water partition coefficient (Wildman–Crippen LogP) is 1.94. The van der Waals surface area contributed by atoms with E-state index in [1.165, 1.54) is 0 Å². The van der Waals surface area contributed by atoms with Gasteiger partial charge in [0.15, 0.2) is 17.4 Å². The second-order valence-corrected chi connectivity index (χ2v) is 5.43. The van der Waals surface area contributed by atoms with Crippen molar-refractivity contribution in [2.24, 2.45) is 0 Å². The molecule has 1 aromatic carbocycles. The Labute approximate surface area is 138 Å². The molecule has 0 aliphatic carbocycles. The van der Waals surface area contributed by atoms with Crippen LogP contribution in [-0.4, -0.2) is 53.6 Å². The number of aromatic amines is 1. The summed E-state index contributed by atoms with van der Waals surface area (Å²) in [5.41, 5.74) is 0.960. The van der Waals surface area contributed by atoms with Crippen LogP contribution in [0.2, 0.25) is 0 Å². The molecule has 8 nitrogen and oxygen atoms in total. The molecule has 0 unspecified atom stereocenters. The highest BCUT2D eigenvalue weighted by Gasteiger charge is 2.17. The lowest BCUT2D eigenvalue weighted by Gasteiger charge is -2.27. The molecule has 2 aromatic heterocycles. The first-order valence-electron chi connectivity index (χ1n) is 7.79. The number of aromatic nitrogens is 4. The van der Waals surface area contributed by atoms with Gasteiger partial charge in [0.1, 0.15) is 0 Å². The average Bonchev–Trinajstić information content (AvgIpc) is 3.05. The topological polar surface area (TPSA) is 88.2 Å². The normalized spacial score (nSPS) is 14.8. The van der Waals surface area contributed by atoms with Crippen LogP contribution in [0.25, 0.3) is 10.9 Å². The molecular weight excluding hydrogens is 308 g/mol. The fourth-order valence-corrected chi connectivity index (χ4v) is 2.69. The summed E-state index contributed by atoms with van der Waals surface area (Å²) in [6, 6.07) is 7.91. The Balaban J connectivity index is 1.67. The molecule has 1 aliphatic rings. The maximum atomic E-state index is 5.38. The zero-order chi connectivity index (χ0) is 16.4. The minimum absolute atomic E-state index is 0.569. The van der Waals surface area contributed by atoms with E-state index >= 15 is 0 Å². The van der Waals surface area contributed by atoms with Gasteiger partial charge in [0.05, 0.1) is 32.0 Å². The number of anilines is 3. The van der Waals surface area contributed by atoms with Crippen molar-refractivity contribution in [1.82, 2.24) is 20.2 Å². The predicted molar refractivity (Wildman–Crippen MR) is 91.0 cm³/mol. The van der Waals surface area contributed by atoms with Crippen molar-refractivity contribution in [1.29, 1.82) is 0 Å². The van der Waals surface area contributed by atoms with E-state index in [1.54, 1.807) is 13.3 Å². The van der Waals surface area contributed by atoms with Gasteiger partial charge in [-0.25, -0.2) is 4.98 Å². The van der Waals surface area contributed by atoms with Gasteiger partial charge in [-0.2, -0.15) is 10.1 Å². The number of ether oxygens (including phenoxy) is 2. The molecular formula is C16H18N6O2. The minimum atomic E-state index is 0.569. The number of hydrogen-bond acceptors (Lipinski definition) is 7. The zero-order valence-electron chi connectivity index (χ0n) is 13.3. The number of H-pyrrole nitrogens is 1. The number of nitrogens with zero attached hydrogens (tertiary/aromatic N) is 4. The molecule has 0 radical (unpaired) electrons. The molecule has 3 heterocycles. The summed E-state index contributed by atoms with van der Waals surface area (Å²) >= 11 is 0. The van der Waals surface area contributed by atoms with Gasteiger partial charge >= 0.3 is 0 Å². The number of benzene rings is 1. The van der Waals surface area contributed by atoms with Gasteiger partial charge < -0.3 is 19.7 Å². The molecule has 0 amide bonds. The third kappa shape index (κ3) is 2.71. The summed E-state index contributed by atoms with van der Waals surface area (Å²) in [4.78, 5) is 11.1. The number of methoxy groups -OCH3 is 1. The van der Waals surface area contributed by atoms with E-state index in [0.717, 1.165) is 24.0 Å². The molecule has 1 saturated heterocycles. The van der Waals surface area contributed by atoms with Crippen molar-refractivity contribution in [3.05, 3.63) is 30.5 Å². The second kappa shape index (κ2) is 6.32. The fraction of sp³-hybridized carbons (Fsp3) is 0.312. The maximum absolute atomic E-state index is 5.38. The monoisotopic (exact) mass is 326 g/mol. The van der Waals surface area contributed by atoms with Crippen LogP contribution in [0.4, 0.5) is 17.6 Å². The number of para-hydroxylation sites is 1. The number of morpholine rings is 1. The van der Waals surface area contributed by atoms with Gasteiger partial charge in [-0.3, -0.25) is 5.10 Å². The van der Waals surface area contributed by atoms with Gasteiger partial charge in [-0.15, -0.1) is 0 Å². The van der Waals surface area contributed by atoms with Crippen molar-refractivity contribution in [2.45, 2.75) is 0 Å². The van der Waals surface area contributed by atoms with E-state index in [0.29, 0.717) is 36.5 Å². The average molecular weight is 326 g/mol. The molecule has 0 bridgehead atoms. The van der Waals surface area contributed by atoms with Crippen LogP contribution in [0.3, 0.4) is 0 Å². The zero-order valence-corrected chi connectivity index (χ0v) is 13.3. The van der Waals surface area contributed by atoms with Crippen LogP contribution in [0.1, 0.15) is 0 Å². The summed E-state index contributed by atoms with van der Waals surface area (Å²) in [7, 11) is 1.60. The van der Waals surface area contributed by atoms with E-state index < -0.39 is 0 Å². The maximum Gasteiger partial charge on any atom is 0.227 e. The van der Waals surface area contributed by atoms with Gasteiger partial charge in [0.2, 0.25) is 5.95 Å². The molecule has 24 heavy (non-hydrogen) atoms. The van der Waals surface area contributed by atoms with E-state index in [-0.39, 0.29) is 0 Å². The fourth-order valence-electron chi connectivity index (χ4n) is 2.69. The van der Waals surface area contributed by atoms with E-state index in [1.807, 2.05) is 24.3 Å². The van der Waals surface area contributed by atoms with Crippen LogP contribution in [0.15, 0.2) is 30.5 Å². The lowest BCUT2D eigenvalue weighted by atomic mass is 10.2. The second-order valence-electron chi connectivity index (χ2n) is 5.43. The van der Waals surface area contributed by atoms with Crippen molar-refractivity contribution >= 4 is 28.5 Å². The highest BCUT2D eigenvalue weighted by atomic mass is 16.5. The largest absolute Gasteiger partial charge is 0.491 e. The van der Waals surface area contributed by atoms with E-state index in [4.69, 9.17) is 9.47 Å². The van der Waals surface area contributed by atoms with Crippen molar-refractivity contribution in [3.63, 3.8) is 0 Å². The molecule has 8 heteroatoms. The Morgan fingerprint density at radius 3 is 2.88 bits per heavy atom. The number of hydrogen-bond donors (Lipinski definition) is 2. The molecule has 1 fully saturated rings. The van der Waals surface area contributed by atoms with Gasteiger partial charge in [-0.1, -0.05) is 12.1 Å². The number of nitrogens with one attached hydrogen (secondary N) is 2. The Morgan fingerprint density at radius 2 is 2.04 bits per heavy atom. The minimum Gasteiger partial charge on any atom is -0.491 e. The van der Waals surface area contributed by atoms with Crippen LogP contribution in [-0.2, 0) is 4.74 Å². The Kier molecular flexibility index (Phi) is 3.87. The van der Waals surface area contributed by atoms with Crippen molar-refractivity contribution in [2.75, 3.05) is 43.6 Å². The molecule has 0 spiro atoms. The summed E-state index contributed by atoms with van der Waals surface area (Å²) in [6.45, 7) is 2.92. The van der Waals surface area contributed by atoms with E-state index in [2.05, 4.69) is 30.4 Å². The summed E-state index contributed by atoms with van der Waals surface area (Å²) in [5, 5.41) is 11.6. The molecule has 3 aromatic rings. The SMILES string of the molecule is COc1cnc(N2CCOCC2)nc1Nc1n[nH]c2ccccc12. The van der Waals surface area contributed by atoms with Crippen LogP contribution >= 0.6 is 0 Å². The third-order valence-electron chi connectivity index (χ3n) is 3.96. The Bertz CT molecular complexity index is 843.